The van der Waals surface area contributed by atoms with Gasteiger partial charge in [-0.25, -0.2) is 15.1 Å². The molecule has 1 spiro atoms. The van der Waals surface area contributed by atoms with Gasteiger partial charge in [0.15, 0.2) is 0 Å². The van der Waals surface area contributed by atoms with Crippen molar-refractivity contribution in [1.82, 2.24) is 14.3 Å². The molecule has 2 heterocycles. The molecule has 8 nitrogen and oxygen atoms in total. The van der Waals surface area contributed by atoms with Gasteiger partial charge in [-0.3, -0.25) is 0 Å². The summed E-state index contributed by atoms with van der Waals surface area (Å²) in [5.41, 5.74) is 1.03. The molecule has 1 aromatic carbocycles. The molecule has 1 saturated carbocycles. The molecular formula is C16H21N5O3S. The zero-order chi connectivity index (χ0) is 17.8. The highest BCUT2D eigenvalue weighted by molar-refractivity contribution is 7.86. The lowest BCUT2D eigenvalue weighted by molar-refractivity contribution is 0.0207. The highest BCUT2D eigenvalue weighted by atomic mass is 32.2. The van der Waals surface area contributed by atoms with E-state index in [0.29, 0.717) is 0 Å². The van der Waals surface area contributed by atoms with E-state index in [4.69, 9.17) is 9.88 Å². The minimum Gasteiger partial charge on any atom is -0.497 e. The second-order valence-corrected chi connectivity index (χ2v) is 8.67. The molecule has 4 rings (SSSR count). The van der Waals surface area contributed by atoms with Crippen LogP contribution in [0.1, 0.15) is 12.8 Å². The Morgan fingerprint density at radius 2 is 2.04 bits per heavy atom. The zero-order valence-electron chi connectivity index (χ0n) is 14.2. The molecule has 0 bridgehead atoms. The summed E-state index contributed by atoms with van der Waals surface area (Å²) in [7, 11) is -0.428. The first-order chi connectivity index (χ1) is 11.8. The van der Waals surface area contributed by atoms with Gasteiger partial charge in [-0.2, -0.15) is 12.7 Å². The van der Waals surface area contributed by atoms with Crippen molar-refractivity contribution < 1.29 is 13.2 Å². The van der Waals surface area contributed by atoms with Gasteiger partial charge >= 0.3 is 0 Å². The van der Waals surface area contributed by atoms with Crippen LogP contribution in [0.2, 0.25) is 0 Å². The van der Waals surface area contributed by atoms with Gasteiger partial charge in [-0.05, 0) is 25.0 Å². The van der Waals surface area contributed by atoms with Crippen LogP contribution in [0.25, 0.3) is 10.9 Å². The van der Waals surface area contributed by atoms with Crippen LogP contribution in [-0.2, 0) is 10.2 Å². The monoisotopic (exact) mass is 363 g/mol. The molecular weight excluding hydrogens is 342 g/mol. The standard InChI is InChI=1S/C16H21N5O3S/c1-20(25(17,22)23)11-6-16(7-11)8-21(9-16)15-13-4-3-12(24-2)5-14(13)18-10-19-15/h3-5,10-11H,6-9H2,1-2H3,(H2,17,22,23). The Morgan fingerprint density at radius 3 is 2.68 bits per heavy atom. The predicted molar refractivity (Wildman–Crippen MR) is 94.6 cm³/mol. The van der Waals surface area contributed by atoms with Crippen molar-refractivity contribution in [3.8, 4) is 5.75 Å². The van der Waals surface area contributed by atoms with E-state index < -0.39 is 10.2 Å². The normalized spacial score (nSPS) is 19.9. The summed E-state index contributed by atoms with van der Waals surface area (Å²) >= 11 is 0. The maximum absolute atomic E-state index is 11.4. The first kappa shape index (κ1) is 16.5. The fourth-order valence-electron chi connectivity index (χ4n) is 3.98. The third kappa shape index (κ3) is 2.72. The van der Waals surface area contributed by atoms with E-state index >= 15 is 0 Å². The van der Waals surface area contributed by atoms with Crippen molar-refractivity contribution in [3.05, 3.63) is 24.5 Å². The molecule has 9 heteroatoms. The minimum absolute atomic E-state index is 0.00329. The topological polar surface area (TPSA) is 102 Å². The smallest absolute Gasteiger partial charge is 0.276 e. The maximum Gasteiger partial charge on any atom is 0.276 e. The number of nitrogens with two attached hydrogens (primary N) is 1. The number of hydrogen-bond donors (Lipinski definition) is 1. The lowest BCUT2D eigenvalue weighted by atomic mass is 9.60. The van der Waals surface area contributed by atoms with E-state index in [2.05, 4.69) is 14.9 Å². The van der Waals surface area contributed by atoms with Crippen LogP contribution in [0.15, 0.2) is 24.5 Å². The fourth-order valence-corrected chi connectivity index (χ4v) is 4.54. The molecule has 2 fully saturated rings. The van der Waals surface area contributed by atoms with Gasteiger partial charge in [0.05, 0.1) is 12.6 Å². The summed E-state index contributed by atoms with van der Waals surface area (Å²) < 4.78 is 29.4. The number of methoxy groups -OCH3 is 1. The third-order valence-corrected chi connectivity index (χ3v) is 6.53. The first-order valence-corrected chi connectivity index (χ1v) is 9.61. The highest BCUT2D eigenvalue weighted by Crippen LogP contribution is 2.51. The minimum atomic E-state index is -3.61. The Kier molecular flexibility index (Phi) is 3.64. The number of aromatic nitrogens is 2. The van der Waals surface area contributed by atoms with Gasteiger partial charge in [0.25, 0.3) is 10.2 Å². The Balaban J connectivity index is 1.48. The Hall–Kier alpha value is -1.97. The van der Waals surface area contributed by atoms with Crippen molar-refractivity contribution >= 4 is 26.9 Å². The van der Waals surface area contributed by atoms with Crippen molar-refractivity contribution in [2.24, 2.45) is 10.6 Å². The summed E-state index contributed by atoms with van der Waals surface area (Å²) in [6.07, 6.45) is 3.25. The second-order valence-electron chi connectivity index (χ2n) is 7.06. The molecule has 2 aromatic rings. The number of ether oxygens (including phenoxy) is 1. The van der Waals surface area contributed by atoms with Gasteiger partial charge < -0.3 is 9.64 Å². The summed E-state index contributed by atoms with van der Waals surface area (Å²) in [5.74, 6) is 1.69. The Labute approximate surface area is 146 Å². The van der Waals surface area contributed by atoms with Crippen molar-refractivity contribution in [2.75, 3.05) is 32.1 Å². The van der Waals surface area contributed by atoms with E-state index in [0.717, 1.165) is 48.4 Å². The Morgan fingerprint density at radius 1 is 1.32 bits per heavy atom. The number of hydrogen-bond acceptors (Lipinski definition) is 6. The number of rotatable bonds is 4. The number of benzene rings is 1. The largest absolute Gasteiger partial charge is 0.497 e. The van der Waals surface area contributed by atoms with Crippen LogP contribution in [0.5, 0.6) is 5.75 Å². The lowest BCUT2D eigenvalue weighted by Gasteiger charge is -2.60. The van der Waals surface area contributed by atoms with E-state index in [-0.39, 0.29) is 11.5 Å². The summed E-state index contributed by atoms with van der Waals surface area (Å²) in [6.45, 7) is 1.75. The molecule has 134 valence electrons. The molecule has 1 aromatic heterocycles. The Bertz CT molecular complexity index is 919. The first-order valence-electron chi connectivity index (χ1n) is 8.11. The van der Waals surface area contributed by atoms with Crippen LogP contribution in [0.3, 0.4) is 0 Å². The molecule has 0 radical (unpaired) electrons. The van der Waals surface area contributed by atoms with E-state index in [9.17, 15) is 8.42 Å². The summed E-state index contributed by atoms with van der Waals surface area (Å²) in [5, 5.41) is 6.20. The van der Waals surface area contributed by atoms with Gasteiger partial charge in [-0.1, -0.05) is 0 Å². The van der Waals surface area contributed by atoms with Gasteiger partial charge in [-0.15, -0.1) is 0 Å². The third-order valence-electron chi connectivity index (χ3n) is 5.43. The lowest BCUT2D eigenvalue weighted by Crippen LogP contribution is -2.67. The van der Waals surface area contributed by atoms with Crippen molar-refractivity contribution in [1.29, 1.82) is 0 Å². The molecule has 1 saturated heterocycles. The van der Waals surface area contributed by atoms with Crippen LogP contribution in [-0.4, -0.2) is 56.0 Å². The summed E-state index contributed by atoms with van der Waals surface area (Å²) in [6, 6.07) is 5.79. The molecule has 2 N–H and O–H groups in total. The molecule has 25 heavy (non-hydrogen) atoms. The maximum atomic E-state index is 11.4. The predicted octanol–water partition coefficient (Wildman–Crippen LogP) is 0.743. The average molecular weight is 363 g/mol. The molecule has 2 aliphatic rings. The van der Waals surface area contributed by atoms with Crippen molar-refractivity contribution in [3.63, 3.8) is 0 Å². The van der Waals surface area contributed by atoms with Crippen LogP contribution in [0.4, 0.5) is 5.82 Å². The number of anilines is 1. The SMILES string of the molecule is COc1ccc2c(N3CC4(CC(N(C)S(N)(=O)=O)C4)C3)ncnc2c1. The molecule has 0 amide bonds. The van der Waals surface area contributed by atoms with Crippen molar-refractivity contribution in [2.45, 2.75) is 18.9 Å². The quantitative estimate of drug-likeness (QED) is 0.860. The van der Waals surface area contributed by atoms with Gasteiger partial charge in [0, 0.05) is 43.0 Å². The zero-order valence-corrected chi connectivity index (χ0v) is 15.0. The molecule has 0 atom stereocenters. The van der Waals surface area contributed by atoms with Crippen LogP contribution < -0.4 is 14.8 Å². The number of nitrogens with zero attached hydrogens (tertiary/aromatic N) is 4. The van der Waals surface area contributed by atoms with Gasteiger partial charge in [0.1, 0.15) is 17.9 Å². The summed E-state index contributed by atoms with van der Waals surface area (Å²) in [4.78, 5) is 11.0. The molecule has 0 unspecified atom stereocenters. The molecule has 1 aliphatic heterocycles. The van der Waals surface area contributed by atoms with Crippen LogP contribution in [0, 0.1) is 5.41 Å². The average Bonchev–Trinajstić information content (AvgIpc) is 2.50. The number of fused-ring (bicyclic) bond motifs is 1. The van der Waals surface area contributed by atoms with Crippen LogP contribution >= 0.6 is 0 Å². The van der Waals surface area contributed by atoms with E-state index in [1.165, 1.54) is 4.31 Å². The van der Waals surface area contributed by atoms with E-state index in [1.54, 1.807) is 20.5 Å². The second kappa shape index (κ2) is 5.52. The fraction of sp³-hybridized carbons (Fsp3) is 0.500. The molecule has 1 aliphatic carbocycles. The highest BCUT2D eigenvalue weighted by Gasteiger charge is 2.55. The van der Waals surface area contributed by atoms with Gasteiger partial charge in [0.2, 0.25) is 0 Å². The van der Waals surface area contributed by atoms with E-state index in [1.807, 2.05) is 18.2 Å².